The molecule has 16 heavy (non-hydrogen) atoms. The largest absolute Gasteiger partial charge is 0.500 e. The molecule has 5 nitrogen and oxygen atoms in total. The lowest BCUT2D eigenvalue weighted by Crippen LogP contribution is -2.42. The molecule has 0 rings (SSSR count). The average Bonchev–Trinajstić information content (AvgIpc) is 2.30. The summed E-state index contributed by atoms with van der Waals surface area (Å²) in [5, 5.41) is 0. The van der Waals surface area contributed by atoms with Gasteiger partial charge in [0.2, 0.25) is 0 Å². The highest BCUT2D eigenvalue weighted by Gasteiger charge is 2.36. The van der Waals surface area contributed by atoms with Gasteiger partial charge in [-0.2, -0.15) is 0 Å². The Bertz CT molecular complexity index is 198. The molecule has 0 aromatic carbocycles. The Morgan fingerprint density at radius 1 is 1.25 bits per heavy atom. The monoisotopic (exact) mass is 262 g/mol. The fourth-order valence-corrected chi connectivity index (χ4v) is 2.77. The molecule has 0 atom stereocenters. The van der Waals surface area contributed by atoms with E-state index < -0.39 is 14.8 Å². The number of hydrogen-bond acceptors (Lipinski definition) is 5. The van der Waals surface area contributed by atoms with Gasteiger partial charge in [-0.1, -0.05) is 6.58 Å². The highest BCUT2D eigenvalue weighted by molar-refractivity contribution is 6.60. The third-order valence-corrected chi connectivity index (χ3v) is 4.80. The van der Waals surface area contributed by atoms with Crippen molar-refractivity contribution >= 4 is 25.7 Å². The van der Waals surface area contributed by atoms with Crippen LogP contribution in [0.5, 0.6) is 0 Å². The van der Waals surface area contributed by atoms with Gasteiger partial charge in [0, 0.05) is 44.4 Å². The van der Waals surface area contributed by atoms with Crippen molar-refractivity contribution in [1.29, 1.82) is 0 Å². The second kappa shape index (κ2) is 9.73. The van der Waals surface area contributed by atoms with E-state index in [9.17, 15) is 4.79 Å². The van der Waals surface area contributed by atoms with Crippen molar-refractivity contribution in [1.82, 2.24) is 0 Å². The van der Waals surface area contributed by atoms with Crippen LogP contribution in [-0.4, -0.2) is 53.7 Å². The van der Waals surface area contributed by atoms with Crippen molar-refractivity contribution < 1.29 is 22.8 Å². The molecular formula is C9H18O5Si2. The summed E-state index contributed by atoms with van der Waals surface area (Å²) in [7, 11) is 2.13. The molecule has 0 aromatic rings. The average molecular weight is 262 g/mol. The zero-order valence-electron chi connectivity index (χ0n) is 9.95. The summed E-state index contributed by atoms with van der Waals surface area (Å²) < 4.78 is 20.4. The van der Waals surface area contributed by atoms with Crippen molar-refractivity contribution in [3.8, 4) is 0 Å². The van der Waals surface area contributed by atoms with Crippen molar-refractivity contribution in [3.63, 3.8) is 0 Å². The molecule has 7 heteroatoms. The number of rotatable bonds is 8. The van der Waals surface area contributed by atoms with Gasteiger partial charge in [0.25, 0.3) is 0 Å². The molecule has 0 saturated heterocycles. The van der Waals surface area contributed by atoms with Gasteiger partial charge in [-0.15, -0.1) is 0 Å². The number of hydrogen-bond donors (Lipinski definition) is 0. The summed E-state index contributed by atoms with van der Waals surface area (Å²) in [4.78, 5) is 10.7. The minimum Gasteiger partial charge on any atom is -0.463 e. The smallest absolute Gasteiger partial charge is 0.463 e. The van der Waals surface area contributed by atoms with Gasteiger partial charge in [0.05, 0.1) is 6.61 Å². The zero-order valence-corrected chi connectivity index (χ0v) is 11.9. The molecule has 0 unspecified atom stereocenters. The summed E-state index contributed by atoms with van der Waals surface area (Å²) in [6.07, 6.45) is 1.77. The van der Waals surface area contributed by atoms with Gasteiger partial charge >= 0.3 is 14.8 Å². The van der Waals surface area contributed by atoms with Gasteiger partial charge in [-0.25, -0.2) is 4.79 Å². The molecular weight excluding hydrogens is 244 g/mol. The lowest BCUT2D eigenvalue weighted by Gasteiger charge is -2.23. The predicted molar refractivity (Wildman–Crippen MR) is 63.1 cm³/mol. The number of esters is 1. The van der Waals surface area contributed by atoms with E-state index in [2.05, 4.69) is 6.58 Å². The van der Waals surface area contributed by atoms with Gasteiger partial charge < -0.3 is 18.0 Å². The molecule has 0 bridgehead atoms. The Morgan fingerprint density at radius 3 is 2.12 bits per heavy atom. The molecule has 0 aliphatic rings. The third kappa shape index (κ3) is 6.18. The predicted octanol–water partition coefficient (Wildman–Crippen LogP) is 0.603. The lowest BCUT2D eigenvalue weighted by atomic mass is 10.5. The summed E-state index contributed by atoms with van der Waals surface area (Å²) in [5.74, 6) is -0.422. The molecule has 0 fully saturated rings. The molecule has 0 amide bonds. The normalized spacial score (nSPS) is 10.4. The van der Waals surface area contributed by atoms with Crippen LogP contribution in [0.3, 0.4) is 0 Å². The fraction of sp³-hybridized carbons (Fsp3) is 0.667. The van der Waals surface area contributed by atoms with Crippen LogP contribution in [0.25, 0.3) is 0 Å². The fourth-order valence-electron chi connectivity index (χ4n) is 1.08. The number of carbonyl (C=O) groups is 1. The summed E-state index contributed by atoms with van der Waals surface area (Å²) in [6, 6.07) is 0.612. The van der Waals surface area contributed by atoms with E-state index in [0.717, 1.165) is 6.08 Å². The summed E-state index contributed by atoms with van der Waals surface area (Å²) in [6.45, 7) is 3.61. The Hall–Kier alpha value is -0.476. The minimum absolute atomic E-state index is 0. The summed E-state index contributed by atoms with van der Waals surface area (Å²) in [5.41, 5.74) is 0. The standard InChI is InChI=1S/C9H18O5Si.Si/c1-5-9(10)14-7-6-8-15(11-2,12-3)13-4;/h5H,1,6-8H2,2-4H3;. The number of ether oxygens (including phenoxy) is 1. The molecule has 0 saturated carbocycles. The maximum atomic E-state index is 10.7. The molecule has 0 spiro atoms. The Morgan fingerprint density at radius 2 is 1.75 bits per heavy atom. The van der Waals surface area contributed by atoms with Crippen molar-refractivity contribution in [2.75, 3.05) is 27.9 Å². The van der Waals surface area contributed by atoms with E-state index in [1.807, 2.05) is 0 Å². The minimum atomic E-state index is -2.52. The first-order valence-electron chi connectivity index (χ1n) is 4.58. The quantitative estimate of drug-likeness (QED) is 0.277. The van der Waals surface area contributed by atoms with Crippen molar-refractivity contribution in [3.05, 3.63) is 12.7 Å². The van der Waals surface area contributed by atoms with E-state index in [1.54, 1.807) is 21.3 Å². The third-order valence-electron chi connectivity index (χ3n) is 1.97. The molecule has 0 aliphatic carbocycles. The van der Waals surface area contributed by atoms with Crippen LogP contribution in [0.2, 0.25) is 6.04 Å². The molecule has 0 heterocycles. The maximum Gasteiger partial charge on any atom is 0.500 e. The lowest BCUT2D eigenvalue weighted by molar-refractivity contribution is -0.137. The van der Waals surface area contributed by atoms with Gasteiger partial charge in [-0.3, -0.25) is 0 Å². The second-order valence-corrected chi connectivity index (χ2v) is 5.86. The number of carbonyl (C=O) groups excluding carboxylic acids is 1. The SMILES string of the molecule is C=CC(=O)OCCC[Si](OC)(OC)OC.[Si]. The van der Waals surface area contributed by atoms with E-state index in [-0.39, 0.29) is 11.0 Å². The first-order valence-corrected chi connectivity index (χ1v) is 6.52. The van der Waals surface area contributed by atoms with Crippen molar-refractivity contribution in [2.24, 2.45) is 0 Å². The van der Waals surface area contributed by atoms with Crippen LogP contribution in [0, 0.1) is 0 Å². The van der Waals surface area contributed by atoms with Crippen LogP contribution in [0.1, 0.15) is 6.42 Å². The Kier molecular flexibility index (Phi) is 10.9. The van der Waals surface area contributed by atoms with Gasteiger partial charge in [0.1, 0.15) is 0 Å². The van der Waals surface area contributed by atoms with Crippen LogP contribution >= 0.6 is 0 Å². The summed E-state index contributed by atoms with van der Waals surface area (Å²) >= 11 is 0. The van der Waals surface area contributed by atoms with Crippen LogP contribution < -0.4 is 0 Å². The van der Waals surface area contributed by atoms with E-state index in [4.69, 9.17) is 18.0 Å². The molecule has 0 aromatic heterocycles. The van der Waals surface area contributed by atoms with Crippen LogP contribution in [0.15, 0.2) is 12.7 Å². The van der Waals surface area contributed by atoms with Crippen LogP contribution in [0.4, 0.5) is 0 Å². The molecule has 0 N–H and O–H groups in total. The van der Waals surface area contributed by atoms with Gasteiger partial charge in [-0.05, 0) is 6.42 Å². The van der Waals surface area contributed by atoms with E-state index >= 15 is 0 Å². The Balaban J connectivity index is 0. The highest BCUT2D eigenvalue weighted by atomic mass is 28.4. The van der Waals surface area contributed by atoms with Crippen molar-refractivity contribution in [2.45, 2.75) is 12.5 Å². The Labute approximate surface area is 102 Å². The van der Waals surface area contributed by atoms with Gasteiger partial charge in [0.15, 0.2) is 0 Å². The second-order valence-electron chi connectivity index (χ2n) is 2.77. The molecule has 92 valence electrons. The highest BCUT2D eigenvalue weighted by Crippen LogP contribution is 2.14. The molecule has 0 aliphatic heterocycles. The zero-order chi connectivity index (χ0) is 11.7. The van der Waals surface area contributed by atoms with Crippen LogP contribution in [-0.2, 0) is 22.8 Å². The van der Waals surface area contributed by atoms with E-state index in [1.165, 1.54) is 0 Å². The topological polar surface area (TPSA) is 54.0 Å². The van der Waals surface area contributed by atoms with E-state index in [0.29, 0.717) is 19.1 Å². The first-order chi connectivity index (χ1) is 7.14. The first kappa shape index (κ1) is 17.9. The molecule has 4 radical (unpaired) electrons. The maximum absolute atomic E-state index is 10.7.